The van der Waals surface area contributed by atoms with E-state index in [9.17, 15) is 15.0 Å². The van der Waals surface area contributed by atoms with Crippen molar-refractivity contribution in [1.82, 2.24) is 0 Å². The molecular formula is C17H26O3. The van der Waals surface area contributed by atoms with Crippen LogP contribution in [0.4, 0.5) is 0 Å². The molecule has 3 nitrogen and oxygen atoms in total. The van der Waals surface area contributed by atoms with Crippen molar-refractivity contribution in [3.63, 3.8) is 0 Å². The first-order valence-electron chi connectivity index (χ1n) is 7.58. The van der Waals surface area contributed by atoms with Crippen LogP contribution in [0.2, 0.25) is 0 Å². The van der Waals surface area contributed by atoms with Crippen LogP contribution >= 0.6 is 0 Å². The number of carboxylic acid groups (broad SMARTS) is 1. The average molecular weight is 278 g/mol. The van der Waals surface area contributed by atoms with Gasteiger partial charge in [0.05, 0.1) is 0 Å². The summed E-state index contributed by atoms with van der Waals surface area (Å²) in [6, 6.07) is 8.80. The molecule has 1 unspecified atom stereocenters. The van der Waals surface area contributed by atoms with Crippen LogP contribution in [-0.2, 0) is 10.4 Å². The maximum Gasteiger partial charge on any atom is 0.340 e. The Hall–Kier alpha value is -1.35. The van der Waals surface area contributed by atoms with Crippen molar-refractivity contribution in [2.45, 2.75) is 58.0 Å². The van der Waals surface area contributed by atoms with E-state index in [0.717, 1.165) is 38.5 Å². The first kappa shape index (κ1) is 16.7. The molecular weight excluding hydrogens is 252 g/mol. The fraction of sp³-hybridized carbons (Fsp3) is 0.588. The summed E-state index contributed by atoms with van der Waals surface area (Å²) in [5.74, 6) is -1.37. The van der Waals surface area contributed by atoms with Crippen LogP contribution in [0.15, 0.2) is 30.3 Å². The summed E-state index contributed by atoms with van der Waals surface area (Å²) in [6.07, 6.45) is 5.39. The molecule has 0 aromatic heterocycles. The number of hydrogen-bond donors (Lipinski definition) is 2. The molecule has 2 N–H and O–H groups in total. The number of rotatable bonds is 9. The van der Waals surface area contributed by atoms with Crippen LogP contribution < -0.4 is 0 Å². The van der Waals surface area contributed by atoms with Gasteiger partial charge in [0, 0.05) is 5.92 Å². The summed E-state index contributed by atoms with van der Waals surface area (Å²) in [6.45, 7) is 4.17. The van der Waals surface area contributed by atoms with Gasteiger partial charge in [-0.05, 0) is 18.4 Å². The lowest BCUT2D eigenvalue weighted by atomic mass is 9.76. The largest absolute Gasteiger partial charge is 0.479 e. The number of carbonyl (C=O) groups is 1. The predicted molar refractivity (Wildman–Crippen MR) is 80.5 cm³/mol. The van der Waals surface area contributed by atoms with Crippen molar-refractivity contribution in [2.75, 3.05) is 0 Å². The van der Waals surface area contributed by atoms with E-state index in [1.165, 1.54) is 0 Å². The lowest BCUT2D eigenvalue weighted by molar-refractivity contribution is -0.167. The highest BCUT2D eigenvalue weighted by Gasteiger charge is 2.44. The van der Waals surface area contributed by atoms with E-state index in [-0.39, 0.29) is 5.92 Å². The van der Waals surface area contributed by atoms with E-state index in [2.05, 4.69) is 13.8 Å². The van der Waals surface area contributed by atoms with Crippen molar-refractivity contribution in [3.8, 4) is 0 Å². The van der Waals surface area contributed by atoms with Gasteiger partial charge in [-0.1, -0.05) is 69.9 Å². The normalized spacial score (nSPS) is 14.2. The summed E-state index contributed by atoms with van der Waals surface area (Å²) in [4.78, 5) is 11.7. The van der Waals surface area contributed by atoms with Crippen molar-refractivity contribution in [3.05, 3.63) is 35.9 Å². The molecule has 0 spiro atoms. The second kappa shape index (κ2) is 8.05. The summed E-state index contributed by atoms with van der Waals surface area (Å²) in [5.41, 5.74) is -1.28. The molecule has 0 aliphatic rings. The van der Waals surface area contributed by atoms with Gasteiger partial charge in [-0.25, -0.2) is 4.79 Å². The van der Waals surface area contributed by atoms with Gasteiger partial charge in [-0.3, -0.25) is 0 Å². The summed E-state index contributed by atoms with van der Waals surface area (Å²) in [5, 5.41) is 20.5. The van der Waals surface area contributed by atoms with Crippen molar-refractivity contribution in [2.24, 2.45) is 5.92 Å². The van der Waals surface area contributed by atoms with Crippen molar-refractivity contribution < 1.29 is 15.0 Å². The second-order valence-electron chi connectivity index (χ2n) is 5.42. The Balaban J connectivity index is 3.08. The molecule has 0 aliphatic carbocycles. The van der Waals surface area contributed by atoms with Gasteiger partial charge < -0.3 is 10.2 Å². The lowest BCUT2D eigenvalue weighted by Crippen LogP contribution is -2.43. The zero-order chi connectivity index (χ0) is 15.0. The molecule has 1 aromatic carbocycles. The molecule has 1 rings (SSSR count). The minimum atomic E-state index is -1.77. The quantitative estimate of drug-likeness (QED) is 0.719. The van der Waals surface area contributed by atoms with Crippen LogP contribution in [0.5, 0.6) is 0 Å². The third-order valence-electron chi connectivity index (χ3n) is 3.94. The van der Waals surface area contributed by atoms with Crippen LogP contribution in [0.3, 0.4) is 0 Å². The molecule has 0 aliphatic heterocycles. The Morgan fingerprint density at radius 2 is 1.60 bits per heavy atom. The molecule has 3 heteroatoms. The van der Waals surface area contributed by atoms with Gasteiger partial charge in [0.1, 0.15) is 0 Å². The maximum absolute atomic E-state index is 11.7. The molecule has 1 aromatic rings. The van der Waals surface area contributed by atoms with Crippen molar-refractivity contribution >= 4 is 5.97 Å². The molecule has 0 fully saturated rings. The Labute approximate surface area is 121 Å². The third kappa shape index (κ3) is 3.83. The number of benzene rings is 1. The summed E-state index contributed by atoms with van der Waals surface area (Å²) >= 11 is 0. The van der Waals surface area contributed by atoms with E-state index >= 15 is 0 Å². The zero-order valence-corrected chi connectivity index (χ0v) is 12.5. The molecule has 1 atom stereocenters. The first-order valence-corrected chi connectivity index (χ1v) is 7.58. The van der Waals surface area contributed by atoms with Crippen LogP contribution in [-0.4, -0.2) is 16.2 Å². The first-order chi connectivity index (χ1) is 9.57. The fourth-order valence-electron chi connectivity index (χ4n) is 2.69. The van der Waals surface area contributed by atoms with Crippen LogP contribution in [0.1, 0.15) is 57.9 Å². The number of aliphatic hydroxyl groups is 1. The van der Waals surface area contributed by atoms with E-state index in [4.69, 9.17) is 0 Å². The van der Waals surface area contributed by atoms with E-state index in [1.807, 2.05) is 6.07 Å². The van der Waals surface area contributed by atoms with Gasteiger partial charge in [-0.15, -0.1) is 0 Å². The molecule has 0 heterocycles. The van der Waals surface area contributed by atoms with E-state index in [1.54, 1.807) is 24.3 Å². The molecule has 0 saturated carbocycles. The highest BCUT2D eigenvalue weighted by molar-refractivity contribution is 5.79. The summed E-state index contributed by atoms with van der Waals surface area (Å²) < 4.78 is 0. The zero-order valence-electron chi connectivity index (χ0n) is 12.5. The number of hydrogen-bond acceptors (Lipinski definition) is 2. The molecule has 0 bridgehead atoms. The fourth-order valence-corrected chi connectivity index (χ4v) is 2.69. The molecule has 0 saturated heterocycles. The van der Waals surface area contributed by atoms with Gasteiger partial charge in [0.15, 0.2) is 5.60 Å². The number of unbranched alkanes of at least 4 members (excludes halogenated alkanes) is 2. The Bertz CT molecular complexity index is 394. The molecule has 0 amide bonds. The van der Waals surface area contributed by atoms with E-state index in [0.29, 0.717) is 5.56 Å². The monoisotopic (exact) mass is 278 g/mol. The van der Waals surface area contributed by atoms with Gasteiger partial charge >= 0.3 is 5.97 Å². The number of aliphatic carboxylic acids is 1. The highest BCUT2D eigenvalue weighted by Crippen LogP contribution is 2.36. The van der Waals surface area contributed by atoms with Gasteiger partial charge in [0.2, 0.25) is 0 Å². The van der Waals surface area contributed by atoms with Crippen molar-refractivity contribution in [1.29, 1.82) is 0 Å². The van der Waals surface area contributed by atoms with E-state index < -0.39 is 11.6 Å². The average Bonchev–Trinajstić information content (AvgIpc) is 2.47. The lowest BCUT2D eigenvalue weighted by Gasteiger charge is -2.33. The van der Waals surface area contributed by atoms with Crippen LogP contribution in [0.25, 0.3) is 0 Å². The number of carboxylic acids is 1. The Morgan fingerprint density at radius 1 is 1.10 bits per heavy atom. The third-order valence-corrected chi connectivity index (χ3v) is 3.94. The van der Waals surface area contributed by atoms with Crippen LogP contribution in [0, 0.1) is 5.92 Å². The highest BCUT2D eigenvalue weighted by atomic mass is 16.4. The minimum absolute atomic E-state index is 0.234. The summed E-state index contributed by atoms with van der Waals surface area (Å²) in [7, 11) is 0. The Morgan fingerprint density at radius 3 is 2.00 bits per heavy atom. The Kier molecular flexibility index (Phi) is 6.73. The topological polar surface area (TPSA) is 57.5 Å². The van der Waals surface area contributed by atoms with Gasteiger partial charge in [0.25, 0.3) is 0 Å². The SMILES string of the molecule is CCCCC(CCCC)C(O)(C(=O)O)c1ccccc1. The molecule has 20 heavy (non-hydrogen) atoms. The minimum Gasteiger partial charge on any atom is -0.479 e. The molecule has 0 radical (unpaired) electrons. The molecule has 112 valence electrons. The maximum atomic E-state index is 11.7. The smallest absolute Gasteiger partial charge is 0.340 e. The van der Waals surface area contributed by atoms with Gasteiger partial charge in [-0.2, -0.15) is 0 Å². The second-order valence-corrected chi connectivity index (χ2v) is 5.42. The standard InChI is InChI=1S/C17H26O3/c1-3-5-10-14(11-6-4-2)17(20,16(18)19)15-12-8-7-9-13-15/h7-9,12-14,20H,3-6,10-11H2,1-2H3,(H,18,19). The predicted octanol–water partition coefficient (Wildman–Crippen LogP) is 3.96.